The molecule has 4 atom stereocenters. The van der Waals surface area contributed by atoms with E-state index in [-0.39, 0.29) is 6.61 Å². The van der Waals surface area contributed by atoms with Gasteiger partial charge in [0.15, 0.2) is 6.29 Å². The molecular weight excluding hydrogens is 308 g/mol. The van der Waals surface area contributed by atoms with Gasteiger partial charge in [0.25, 0.3) is 0 Å². The van der Waals surface area contributed by atoms with Crippen LogP contribution in [0.25, 0.3) is 0 Å². The minimum absolute atomic E-state index is 0.171. The Labute approximate surface area is 141 Å². The molecule has 0 saturated carbocycles. The number of aliphatic hydroxyl groups excluding tert-OH is 2. The van der Waals surface area contributed by atoms with Crippen molar-refractivity contribution in [3.05, 3.63) is 71.8 Å². The number of hydrogen-bond acceptors (Lipinski definition) is 5. The Morgan fingerprint density at radius 2 is 1.38 bits per heavy atom. The van der Waals surface area contributed by atoms with Crippen molar-refractivity contribution in [2.45, 2.75) is 37.8 Å². The lowest BCUT2D eigenvalue weighted by Crippen LogP contribution is -2.54. The molecule has 128 valence electrons. The lowest BCUT2D eigenvalue weighted by atomic mass is 10.0. The van der Waals surface area contributed by atoms with Crippen LogP contribution in [0.1, 0.15) is 11.1 Å². The third-order valence-corrected chi connectivity index (χ3v) is 4.02. The molecule has 1 aliphatic rings. The van der Waals surface area contributed by atoms with Crippen molar-refractivity contribution in [2.75, 3.05) is 6.61 Å². The third kappa shape index (κ3) is 4.41. The van der Waals surface area contributed by atoms with Gasteiger partial charge in [0.1, 0.15) is 18.3 Å². The second kappa shape index (κ2) is 8.37. The van der Waals surface area contributed by atoms with Gasteiger partial charge in [-0.2, -0.15) is 0 Å². The Bertz CT molecular complexity index is 604. The average molecular weight is 330 g/mol. The summed E-state index contributed by atoms with van der Waals surface area (Å²) in [7, 11) is 0. The summed E-state index contributed by atoms with van der Waals surface area (Å²) in [6.45, 7) is 0.897. The molecule has 0 spiro atoms. The molecule has 1 aliphatic heterocycles. The predicted octanol–water partition coefficient (Wildman–Crippen LogP) is 1.87. The first-order chi connectivity index (χ1) is 11.7. The van der Waals surface area contributed by atoms with E-state index in [4.69, 9.17) is 14.2 Å². The van der Waals surface area contributed by atoms with Gasteiger partial charge < -0.3 is 24.4 Å². The third-order valence-electron chi connectivity index (χ3n) is 4.02. The molecule has 2 aromatic rings. The highest BCUT2D eigenvalue weighted by Gasteiger charge is 2.40. The summed E-state index contributed by atoms with van der Waals surface area (Å²) < 4.78 is 16.9. The van der Waals surface area contributed by atoms with Gasteiger partial charge in [0.2, 0.25) is 0 Å². The monoisotopic (exact) mass is 330 g/mol. The van der Waals surface area contributed by atoms with Crippen molar-refractivity contribution >= 4 is 0 Å². The van der Waals surface area contributed by atoms with E-state index in [2.05, 4.69) is 0 Å². The molecule has 24 heavy (non-hydrogen) atoms. The molecule has 1 heterocycles. The molecule has 1 saturated heterocycles. The van der Waals surface area contributed by atoms with E-state index in [1.807, 2.05) is 60.7 Å². The zero-order valence-corrected chi connectivity index (χ0v) is 13.3. The van der Waals surface area contributed by atoms with Gasteiger partial charge in [0, 0.05) is 0 Å². The first kappa shape index (κ1) is 17.1. The van der Waals surface area contributed by atoms with Crippen LogP contribution in [0.15, 0.2) is 60.7 Å². The second-order valence-electron chi connectivity index (χ2n) is 5.81. The molecule has 1 fully saturated rings. The van der Waals surface area contributed by atoms with Crippen LogP contribution in [0, 0.1) is 0 Å². The average Bonchev–Trinajstić information content (AvgIpc) is 2.63. The maximum atomic E-state index is 10.2. The molecule has 0 aliphatic carbocycles. The van der Waals surface area contributed by atoms with Gasteiger partial charge in [0.05, 0.1) is 19.8 Å². The molecule has 5 heteroatoms. The van der Waals surface area contributed by atoms with Crippen LogP contribution in [0.2, 0.25) is 0 Å². The molecule has 0 aromatic heterocycles. The van der Waals surface area contributed by atoms with Crippen LogP contribution < -0.4 is 0 Å². The van der Waals surface area contributed by atoms with Gasteiger partial charge >= 0.3 is 0 Å². The fraction of sp³-hybridized carbons (Fsp3) is 0.368. The highest BCUT2D eigenvalue weighted by molar-refractivity contribution is 5.14. The van der Waals surface area contributed by atoms with Gasteiger partial charge in [-0.25, -0.2) is 0 Å². The number of benzene rings is 2. The molecular formula is C19H22O5. The maximum absolute atomic E-state index is 10.2. The predicted molar refractivity (Wildman–Crippen MR) is 88.0 cm³/mol. The van der Waals surface area contributed by atoms with Gasteiger partial charge in [-0.05, 0) is 11.1 Å². The quantitative estimate of drug-likeness (QED) is 0.846. The van der Waals surface area contributed by atoms with Crippen LogP contribution in [0.3, 0.4) is 0 Å². The summed E-state index contributed by atoms with van der Waals surface area (Å²) in [5.74, 6) is 0. The largest absolute Gasteiger partial charge is 0.385 e. The fourth-order valence-corrected chi connectivity index (χ4v) is 2.66. The van der Waals surface area contributed by atoms with E-state index in [9.17, 15) is 10.2 Å². The van der Waals surface area contributed by atoms with E-state index in [1.54, 1.807) is 0 Å². The van der Waals surface area contributed by atoms with Crippen LogP contribution in [0.4, 0.5) is 0 Å². The number of aliphatic hydroxyl groups is 2. The van der Waals surface area contributed by atoms with Crippen LogP contribution in [-0.2, 0) is 27.4 Å². The van der Waals surface area contributed by atoms with Gasteiger partial charge in [-0.15, -0.1) is 0 Å². The molecule has 0 unspecified atom stereocenters. The smallest absolute Gasteiger partial charge is 0.183 e. The fourth-order valence-electron chi connectivity index (χ4n) is 2.66. The summed E-state index contributed by atoms with van der Waals surface area (Å²) in [4.78, 5) is 0. The zero-order valence-electron chi connectivity index (χ0n) is 13.3. The Balaban J connectivity index is 1.61. The molecule has 0 amide bonds. The first-order valence-corrected chi connectivity index (χ1v) is 8.03. The van der Waals surface area contributed by atoms with Crippen LogP contribution >= 0.6 is 0 Å². The van der Waals surface area contributed by atoms with Crippen LogP contribution in [-0.4, -0.2) is 41.4 Å². The van der Waals surface area contributed by atoms with Crippen molar-refractivity contribution in [3.8, 4) is 0 Å². The molecule has 2 aromatic carbocycles. The molecule has 5 nitrogen and oxygen atoms in total. The van der Waals surface area contributed by atoms with Crippen molar-refractivity contribution in [1.82, 2.24) is 0 Å². The topological polar surface area (TPSA) is 68.2 Å². The highest BCUT2D eigenvalue weighted by Crippen LogP contribution is 2.22. The Morgan fingerprint density at radius 3 is 1.96 bits per heavy atom. The molecule has 3 rings (SSSR count). The molecule has 0 radical (unpaired) electrons. The summed E-state index contributed by atoms with van der Waals surface area (Å²) in [5.41, 5.74) is 2.02. The number of rotatable bonds is 6. The van der Waals surface area contributed by atoms with E-state index in [0.717, 1.165) is 11.1 Å². The van der Waals surface area contributed by atoms with E-state index in [0.29, 0.717) is 13.2 Å². The minimum Gasteiger partial charge on any atom is -0.385 e. The zero-order chi connectivity index (χ0) is 16.8. The van der Waals surface area contributed by atoms with Gasteiger partial charge in [-0.3, -0.25) is 0 Å². The molecule has 0 bridgehead atoms. The van der Waals surface area contributed by atoms with E-state index < -0.39 is 24.6 Å². The normalized spacial score (nSPS) is 27.1. The summed E-state index contributed by atoms with van der Waals surface area (Å²) >= 11 is 0. The number of hydrogen-bond donors (Lipinski definition) is 2. The first-order valence-electron chi connectivity index (χ1n) is 8.03. The Kier molecular flexibility index (Phi) is 5.96. The lowest BCUT2D eigenvalue weighted by molar-refractivity contribution is -0.273. The van der Waals surface area contributed by atoms with Crippen molar-refractivity contribution < 1.29 is 24.4 Å². The minimum atomic E-state index is -1.26. The van der Waals surface area contributed by atoms with Gasteiger partial charge in [-0.1, -0.05) is 60.7 Å². The van der Waals surface area contributed by atoms with Crippen molar-refractivity contribution in [1.29, 1.82) is 0 Å². The Morgan fingerprint density at radius 1 is 0.833 bits per heavy atom. The summed E-state index contributed by atoms with van der Waals surface area (Å²) in [6.07, 6.45) is -3.52. The van der Waals surface area contributed by atoms with Crippen molar-refractivity contribution in [3.63, 3.8) is 0 Å². The standard InChI is InChI=1S/C19H22O5/c20-17-18(23-12-15-9-5-2-6-10-15)16(13-24-19(17)21)22-11-14-7-3-1-4-8-14/h1-10,16-21H,11-13H2/t16-,17-,18+,19-/m1/s1. The number of ether oxygens (including phenoxy) is 3. The SMILES string of the molecule is O[C@@H]1[C@@H](OCc2ccccc2)[C@H](OCc2ccccc2)CO[C@H]1O. The highest BCUT2D eigenvalue weighted by atomic mass is 16.6. The van der Waals surface area contributed by atoms with Crippen molar-refractivity contribution in [2.24, 2.45) is 0 Å². The summed E-state index contributed by atoms with van der Waals surface area (Å²) in [6, 6.07) is 19.4. The summed E-state index contributed by atoms with van der Waals surface area (Å²) in [5, 5.41) is 19.9. The second-order valence-corrected chi connectivity index (χ2v) is 5.81. The van der Waals surface area contributed by atoms with E-state index >= 15 is 0 Å². The Hall–Kier alpha value is -1.76. The maximum Gasteiger partial charge on any atom is 0.183 e. The van der Waals surface area contributed by atoms with Crippen LogP contribution in [0.5, 0.6) is 0 Å². The van der Waals surface area contributed by atoms with E-state index in [1.165, 1.54) is 0 Å². The lowest BCUT2D eigenvalue weighted by Gasteiger charge is -2.37. The molecule has 2 N–H and O–H groups in total.